The Bertz CT molecular complexity index is 597. The monoisotopic (exact) mass is 286 g/mol. The Kier molecular flexibility index (Phi) is 4.69. The average molecular weight is 286 g/mol. The fourth-order valence-corrected chi connectivity index (χ4v) is 2.86. The van der Waals surface area contributed by atoms with Crippen LogP contribution in [0, 0.1) is 0 Å². The van der Waals surface area contributed by atoms with E-state index in [0.29, 0.717) is 11.3 Å². The van der Waals surface area contributed by atoms with E-state index < -0.39 is 0 Å². The molecule has 0 aliphatic heterocycles. The summed E-state index contributed by atoms with van der Waals surface area (Å²) in [4.78, 5) is 14.7. The van der Waals surface area contributed by atoms with Gasteiger partial charge in [0.05, 0.1) is 5.56 Å². The fraction of sp³-hybridized carbons (Fsp3) is 0.188. The van der Waals surface area contributed by atoms with Crippen LogP contribution in [0.2, 0.25) is 0 Å². The van der Waals surface area contributed by atoms with Crippen LogP contribution in [-0.4, -0.2) is 24.9 Å². The minimum absolute atomic E-state index is 0.000520. The van der Waals surface area contributed by atoms with Crippen molar-refractivity contribution in [3.05, 3.63) is 59.7 Å². The molecule has 2 aromatic carbocycles. The molecule has 0 spiro atoms. The number of hydrogen-bond acceptors (Lipinski definition) is 3. The van der Waals surface area contributed by atoms with Gasteiger partial charge in [-0.25, -0.2) is 0 Å². The smallest absolute Gasteiger partial charge is 0.254 e. The molecule has 0 radical (unpaired) electrons. The Labute approximate surface area is 123 Å². The number of thioether (sulfide) groups is 1. The molecule has 0 saturated carbocycles. The highest BCUT2D eigenvalue weighted by Crippen LogP contribution is 2.28. The molecule has 0 saturated heterocycles. The number of nitrogens with two attached hydrogens (primary N) is 1. The van der Waals surface area contributed by atoms with Crippen molar-refractivity contribution in [2.24, 2.45) is 0 Å². The number of benzene rings is 2. The SMILES string of the molecule is CN(C)C(=O)c1ccc(N)cc1SCc1ccccc1. The van der Waals surface area contributed by atoms with Crippen molar-refractivity contribution in [2.75, 3.05) is 19.8 Å². The second kappa shape index (κ2) is 6.48. The maximum absolute atomic E-state index is 12.2. The minimum Gasteiger partial charge on any atom is -0.399 e. The summed E-state index contributed by atoms with van der Waals surface area (Å²) in [6, 6.07) is 15.6. The van der Waals surface area contributed by atoms with E-state index in [-0.39, 0.29) is 5.91 Å². The Balaban J connectivity index is 2.21. The second-order valence-corrected chi connectivity index (χ2v) is 5.75. The van der Waals surface area contributed by atoms with Crippen LogP contribution in [0.4, 0.5) is 5.69 Å². The van der Waals surface area contributed by atoms with Crippen LogP contribution in [-0.2, 0) is 5.75 Å². The lowest BCUT2D eigenvalue weighted by Gasteiger charge is -2.14. The largest absolute Gasteiger partial charge is 0.399 e. The number of nitrogens with zero attached hydrogens (tertiary/aromatic N) is 1. The first-order valence-electron chi connectivity index (χ1n) is 6.36. The molecular weight excluding hydrogens is 268 g/mol. The fourth-order valence-electron chi connectivity index (χ4n) is 1.81. The maximum Gasteiger partial charge on any atom is 0.254 e. The van der Waals surface area contributed by atoms with Gasteiger partial charge in [0.25, 0.3) is 5.91 Å². The predicted molar refractivity (Wildman–Crippen MR) is 84.9 cm³/mol. The van der Waals surface area contributed by atoms with Crippen molar-refractivity contribution in [2.45, 2.75) is 10.6 Å². The van der Waals surface area contributed by atoms with Crippen molar-refractivity contribution < 1.29 is 4.79 Å². The Morgan fingerprint density at radius 2 is 1.85 bits per heavy atom. The van der Waals surface area contributed by atoms with Gasteiger partial charge in [-0.2, -0.15) is 0 Å². The molecule has 2 rings (SSSR count). The molecule has 3 nitrogen and oxygen atoms in total. The number of hydrogen-bond donors (Lipinski definition) is 1. The van der Waals surface area contributed by atoms with Gasteiger partial charge in [0, 0.05) is 30.4 Å². The lowest BCUT2D eigenvalue weighted by molar-refractivity contribution is 0.0824. The molecule has 0 unspecified atom stereocenters. The summed E-state index contributed by atoms with van der Waals surface area (Å²) in [6.07, 6.45) is 0. The van der Waals surface area contributed by atoms with Gasteiger partial charge in [-0.1, -0.05) is 30.3 Å². The lowest BCUT2D eigenvalue weighted by atomic mass is 10.2. The van der Waals surface area contributed by atoms with Crippen LogP contribution in [0.5, 0.6) is 0 Å². The Morgan fingerprint density at radius 1 is 1.15 bits per heavy atom. The predicted octanol–water partition coefficient (Wildman–Crippen LogP) is 3.26. The van der Waals surface area contributed by atoms with Gasteiger partial charge in [0.2, 0.25) is 0 Å². The highest BCUT2D eigenvalue weighted by atomic mass is 32.2. The molecule has 1 amide bonds. The van der Waals surface area contributed by atoms with Gasteiger partial charge in [0.15, 0.2) is 0 Å². The van der Waals surface area contributed by atoms with Crippen LogP contribution in [0.15, 0.2) is 53.4 Å². The summed E-state index contributed by atoms with van der Waals surface area (Å²) in [6.45, 7) is 0. The molecule has 0 fully saturated rings. The van der Waals surface area contributed by atoms with Gasteiger partial charge in [-0.3, -0.25) is 4.79 Å². The normalized spacial score (nSPS) is 10.3. The average Bonchev–Trinajstić information content (AvgIpc) is 2.45. The first kappa shape index (κ1) is 14.5. The van der Waals surface area contributed by atoms with Crippen molar-refractivity contribution >= 4 is 23.4 Å². The van der Waals surface area contributed by atoms with Gasteiger partial charge >= 0.3 is 0 Å². The van der Waals surface area contributed by atoms with Gasteiger partial charge in [0.1, 0.15) is 0 Å². The molecule has 2 aromatic rings. The number of amides is 1. The topological polar surface area (TPSA) is 46.3 Å². The van der Waals surface area contributed by atoms with Crippen molar-refractivity contribution in [1.29, 1.82) is 0 Å². The summed E-state index contributed by atoms with van der Waals surface area (Å²) in [5.74, 6) is 0.818. The zero-order valence-corrected chi connectivity index (χ0v) is 12.5. The molecule has 0 atom stereocenters. The van der Waals surface area contributed by atoms with E-state index in [0.717, 1.165) is 10.6 Å². The molecule has 0 heterocycles. The quantitative estimate of drug-likeness (QED) is 0.693. The second-order valence-electron chi connectivity index (χ2n) is 4.73. The third kappa shape index (κ3) is 3.54. The summed E-state index contributed by atoms with van der Waals surface area (Å²) in [5.41, 5.74) is 8.44. The summed E-state index contributed by atoms with van der Waals surface area (Å²) in [5, 5.41) is 0. The Hall–Kier alpha value is -1.94. The van der Waals surface area contributed by atoms with Crippen molar-refractivity contribution in [1.82, 2.24) is 4.90 Å². The van der Waals surface area contributed by atoms with E-state index in [1.165, 1.54) is 5.56 Å². The highest BCUT2D eigenvalue weighted by Gasteiger charge is 2.14. The van der Waals surface area contributed by atoms with E-state index in [1.54, 1.807) is 42.9 Å². The van der Waals surface area contributed by atoms with Gasteiger partial charge in [-0.15, -0.1) is 11.8 Å². The molecule has 0 aromatic heterocycles. The molecule has 4 heteroatoms. The number of anilines is 1. The maximum atomic E-state index is 12.2. The molecule has 20 heavy (non-hydrogen) atoms. The van der Waals surface area contributed by atoms with E-state index in [1.807, 2.05) is 24.3 Å². The van der Waals surface area contributed by atoms with E-state index in [9.17, 15) is 4.79 Å². The van der Waals surface area contributed by atoms with Gasteiger partial charge in [-0.05, 0) is 23.8 Å². The zero-order chi connectivity index (χ0) is 14.5. The third-order valence-corrected chi connectivity index (χ3v) is 4.01. The zero-order valence-electron chi connectivity index (χ0n) is 11.7. The molecule has 0 bridgehead atoms. The summed E-state index contributed by atoms with van der Waals surface area (Å²) in [7, 11) is 3.51. The first-order valence-corrected chi connectivity index (χ1v) is 7.34. The van der Waals surface area contributed by atoms with Crippen LogP contribution in [0.25, 0.3) is 0 Å². The molecule has 0 aliphatic rings. The highest BCUT2D eigenvalue weighted by molar-refractivity contribution is 7.98. The van der Waals surface area contributed by atoms with Crippen LogP contribution in [0.3, 0.4) is 0 Å². The first-order chi connectivity index (χ1) is 9.58. The lowest BCUT2D eigenvalue weighted by Crippen LogP contribution is -2.22. The third-order valence-electron chi connectivity index (χ3n) is 2.88. The molecular formula is C16H18N2OS. The Morgan fingerprint density at radius 3 is 2.50 bits per heavy atom. The van der Waals surface area contributed by atoms with E-state index in [2.05, 4.69) is 12.1 Å². The van der Waals surface area contributed by atoms with Gasteiger partial charge < -0.3 is 10.6 Å². The summed E-state index contributed by atoms with van der Waals surface area (Å²) < 4.78 is 0. The number of carbonyl (C=O) groups excluding carboxylic acids is 1. The molecule has 104 valence electrons. The number of carbonyl (C=O) groups is 1. The standard InChI is InChI=1S/C16H18N2OS/c1-18(2)16(19)14-9-8-13(17)10-15(14)20-11-12-6-4-3-5-7-12/h3-10H,11,17H2,1-2H3. The van der Waals surface area contributed by atoms with Crippen molar-refractivity contribution in [3.8, 4) is 0 Å². The minimum atomic E-state index is 0.000520. The van der Waals surface area contributed by atoms with Crippen LogP contribution < -0.4 is 5.73 Å². The molecule has 2 N–H and O–H groups in total. The van der Waals surface area contributed by atoms with Crippen LogP contribution >= 0.6 is 11.8 Å². The summed E-state index contributed by atoms with van der Waals surface area (Å²) >= 11 is 1.63. The number of rotatable bonds is 4. The van der Waals surface area contributed by atoms with Crippen LogP contribution in [0.1, 0.15) is 15.9 Å². The van der Waals surface area contributed by atoms with Crippen molar-refractivity contribution in [3.63, 3.8) is 0 Å². The van der Waals surface area contributed by atoms with E-state index >= 15 is 0 Å². The van der Waals surface area contributed by atoms with E-state index in [4.69, 9.17) is 5.73 Å². The molecule has 0 aliphatic carbocycles. The number of nitrogen functional groups attached to an aromatic ring is 1.